The van der Waals surface area contributed by atoms with Crippen LogP contribution in [0.25, 0.3) is 0 Å². The first-order valence-electron chi connectivity index (χ1n) is 6.43. The summed E-state index contributed by atoms with van der Waals surface area (Å²) in [7, 11) is 1.28. The van der Waals surface area contributed by atoms with Crippen LogP contribution in [0, 0.1) is 0 Å². The number of carbonyl (C=O) groups is 3. The van der Waals surface area contributed by atoms with Crippen LogP contribution in [0.4, 0.5) is 10.5 Å². The minimum atomic E-state index is -0.867. The predicted molar refractivity (Wildman–Crippen MR) is 76.1 cm³/mol. The first kappa shape index (κ1) is 16.5. The summed E-state index contributed by atoms with van der Waals surface area (Å²) in [6.07, 6.45) is 0.534. The van der Waals surface area contributed by atoms with E-state index < -0.39 is 18.0 Å². The minimum Gasteiger partial charge on any atom is -0.481 e. The summed E-state index contributed by atoms with van der Waals surface area (Å²) in [5.41, 5.74) is 1.39. The van der Waals surface area contributed by atoms with E-state index in [0.717, 1.165) is 5.56 Å². The van der Waals surface area contributed by atoms with E-state index in [1.54, 1.807) is 24.3 Å². The quantitative estimate of drug-likeness (QED) is 0.659. The second kappa shape index (κ2) is 8.57. The van der Waals surface area contributed by atoms with Crippen molar-refractivity contribution in [2.24, 2.45) is 0 Å². The third-order valence-electron chi connectivity index (χ3n) is 2.65. The molecule has 0 fully saturated rings. The van der Waals surface area contributed by atoms with Crippen LogP contribution in [0.3, 0.4) is 0 Å². The molecule has 0 aromatic heterocycles. The van der Waals surface area contributed by atoms with Crippen LogP contribution in [-0.2, 0) is 20.7 Å². The fourth-order valence-corrected chi connectivity index (χ4v) is 1.61. The van der Waals surface area contributed by atoms with Crippen molar-refractivity contribution in [2.75, 3.05) is 19.0 Å². The number of carboxylic acid groups (broad SMARTS) is 1. The van der Waals surface area contributed by atoms with E-state index in [0.29, 0.717) is 12.1 Å². The van der Waals surface area contributed by atoms with Crippen LogP contribution in [0.1, 0.15) is 18.4 Å². The third-order valence-corrected chi connectivity index (χ3v) is 2.65. The molecule has 0 saturated carbocycles. The van der Waals surface area contributed by atoms with Gasteiger partial charge in [0.15, 0.2) is 0 Å². The van der Waals surface area contributed by atoms with Gasteiger partial charge in [0.05, 0.1) is 13.5 Å². The van der Waals surface area contributed by atoms with Crippen LogP contribution < -0.4 is 10.6 Å². The minimum absolute atomic E-state index is 0.0365. The second-order valence-electron chi connectivity index (χ2n) is 4.30. The molecule has 0 aliphatic carbocycles. The maximum absolute atomic E-state index is 11.6. The number of benzene rings is 1. The fourth-order valence-electron chi connectivity index (χ4n) is 1.61. The molecule has 3 N–H and O–H groups in total. The SMILES string of the molecule is COC(=O)CCNC(=O)Nc1cccc(CCC(=O)O)c1. The molecular formula is C14H18N2O5. The zero-order chi connectivity index (χ0) is 15.7. The van der Waals surface area contributed by atoms with Crippen LogP contribution in [0.15, 0.2) is 24.3 Å². The Bertz CT molecular complexity index is 516. The molecular weight excluding hydrogens is 276 g/mol. The largest absolute Gasteiger partial charge is 0.481 e. The van der Waals surface area contributed by atoms with E-state index in [4.69, 9.17) is 5.11 Å². The Morgan fingerprint density at radius 3 is 2.67 bits per heavy atom. The van der Waals surface area contributed by atoms with Crippen molar-refractivity contribution < 1.29 is 24.2 Å². The number of ether oxygens (including phenoxy) is 1. The highest BCUT2D eigenvalue weighted by molar-refractivity contribution is 5.89. The molecule has 7 heteroatoms. The zero-order valence-electron chi connectivity index (χ0n) is 11.7. The molecule has 0 bridgehead atoms. The summed E-state index contributed by atoms with van der Waals surface area (Å²) in [6.45, 7) is 0.178. The number of methoxy groups -OCH3 is 1. The lowest BCUT2D eigenvalue weighted by Gasteiger charge is -2.08. The van der Waals surface area contributed by atoms with Crippen molar-refractivity contribution in [2.45, 2.75) is 19.3 Å². The number of carboxylic acids is 1. The molecule has 2 amide bonds. The normalized spacial score (nSPS) is 9.76. The molecule has 0 saturated heterocycles. The van der Waals surface area contributed by atoms with Gasteiger partial charge in [-0.3, -0.25) is 9.59 Å². The Labute approximate surface area is 122 Å². The third kappa shape index (κ3) is 6.95. The van der Waals surface area contributed by atoms with Crippen molar-refractivity contribution in [1.82, 2.24) is 5.32 Å². The number of urea groups is 1. The standard InChI is InChI=1S/C14H18N2O5/c1-21-13(19)7-8-15-14(20)16-11-4-2-3-10(9-11)5-6-12(17)18/h2-4,9H,5-8H2,1H3,(H,17,18)(H2,15,16,20). The molecule has 1 aromatic carbocycles. The lowest BCUT2D eigenvalue weighted by molar-refractivity contribution is -0.140. The van der Waals surface area contributed by atoms with Gasteiger partial charge in [0.25, 0.3) is 0 Å². The molecule has 0 spiro atoms. The average Bonchev–Trinajstić information content (AvgIpc) is 2.45. The van der Waals surface area contributed by atoms with Gasteiger partial charge in [-0.05, 0) is 24.1 Å². The number of hydrogen-bond acceptors (Lipinski definition) is 4. The molecule has 0 aliphatic heterocycles. The van der Waals surface area contributed by atoms with E-state index in [9.17, 15) is 14.4 Å². The molecule has 0 atom stereocenters. The van der Waals surface area contributed by atoms with Gasteiger partial charge in [0.2, 0.25) is 0 Å². The Kier molecular flexibility index (Phi) is 6.73. The summed E-state index contributed by atoms with van der Waals surface area (Å²) in [5.74, 6) is -1.26. The number of anilines is 1. The Balaban J connectivity index is 2.43. The number of aryl methyl sites for hydroxylation is 1. The number of esters is 1. The molecule has 1 aromatic rings. The van der Waals surface area contributed by atoms with Gasteiger partial charge >= 0.3 is 18.0 Å². The molecule has 21 heavy (non-hydrogen) atoms. The summed E-state index contributed by atoms with van der Waals surface area (Å²) in [5, 5.41) is 13.8. The monoisotopic (exact) mass is 294 g/mol. The van der Waals surface area contributed by atoms with Gasteiger partial charge in [-0.15, -0.1) is 0 Å². The molecule has 0 heterocycles. The molecule has 0 radical (unpaired) electrons. The summed E-state index contributed by atoms with van der Waals surface area (Å²) in [4.78, 5) is 33.0. The van der Waals surface area contributed by atoms with Gasteiger partial charge in [-0.1, -0.05) is 12.1 Å². The molecule has 114 valence electrons. The van der Waals surface area contributed by atoms with E-state index in [2.05, 4.69) is 15.4 Å². The van der Waals surface area contributed by atoms with Crippen LogP contribution >= 0.6 is 0 Å². The van der Waals surface area contributed by atoms with Gasteiger partial charge in [-0.25, -0.2) is 4.79 Å². The predicted octanol–water partition coefficient (Wildman–Crippen LogP) is 1.39. The fraction of sp³-hybridized carbons (Fsp3) is 0.357. The number of rotatable bonds is 7. The van der Waals surface area contributed by atoms with Crippen molar-refractivity contribution in [3.05, 3.63) is 29.8 Å². The molecule has 1 rings (SSSR count). The topological polar surface area (TPSA) is 105 Å². The highest BCUT2D eigenvalue weighted by atomic mass is 16.5. The van der Waals surface area contributed by atoms with E-state index in [1.807, 2.05) is 0 Å². The van der Waals surface area contributed by atoms with E-state index >= 15 is 0 Å². The molecule has 0 unspecified atom stereocenters. The van der Waals surface area contributed by atoms with Crippen molar-refractivity contribution in [3.8, 4) is 0 Å². The lowest BCUT2D eigenvalue weighted by atomic mass is 10.1. The smallest absolute Gasteiger partial charge is 0.319 e. The van der Waals surface area contributed by atoms with Gasteiger partial charge in [0.1, 0.15) is 0 Å². The number of carbonyl (C=O) groups excluding carboxylic acids is 2. The first-order valence-corrected chi connectivity index (χ1v) is 6.43. The first-order chi connectivity index (χ1) is 10.0. The van der Waals surface area contributed by atoms with Crippen molar-refractivity contribution in [3.63, 3.8) is 0 Å². The zero-order valence-corrected chi connectivity index (χ0v) is 11.7. The van der Waals surface area contributed by atoms with Crippen LogP contribution in [0.5, 0.6) is 0 Å². The number of hydrogen-bond donors (Lipinski definition) is 3. The summed E-state index contributed by atoms with van der Waals surface area (Å²) >= 11 is 0. The highest BCUT2D eigenvalue weighted by Gasteiger charge is 2.05. The number of amides is 2. The maximum atomic E-state index is 11.6. The Hall–Kier alpha value is -2.57. The van der Waals surface area contributed by atoms with Crippen molar-refractivity contribution >= 4 is 23.7 Å². The average molecular weight is 294 g/mol. The lowest BCUT2D eigenvalue weighted by Crippen LogP contribution is -2.30. The van der Waals surface area contributed by atoms with E-state index in [-0.39, 0.29) is 19.4 Å². The van der Waals surface area contributed by atoms with Crippen LogP contribution in [0.2, 0.25) is 0 Å². The highest BCUT2D eigenvalue weighted by Crippen LogP contribution is 2.12. The van der Waals surface area contributed by atoms with Gasteiger partial charge in [0, 0.05) is 18.7 Å². The number of aliphatic carboxylic acids is 1. The maximum Gasteiger partial charge on any atom is 0.319 e. The molecule has 0 aliphatic rings. The summed E-state index contributed by atoms with van der Waals surface area (Å²) in [6, 6.07) is 6.51. The van der Waals surface area contributed by atoms with Gasteiger partial charge in [-0.2, -0.15) is 0 Å². The number of nitrogens with one attached hydrogen (secondary N) is 2. The summed E-state index contributed by atoms with van der Waals surface area (Å²) < 4.78 is 4.45. The van der Waals surface area contributed by atoms with Crippen LogP contribution in [-0.4, -0.2) is 36.7 Å². The second-order valence-corrected chi connectivity index (χ2v) is 4.30. The van der Waals surface area contributed by atoms with Gasteiger partial charge < -0.3 is 20.5 Å². The Morgan fingerprint density at radius 2 is 2.00 bits per heavy atom. The van der Waals surface area contributed by atoms with Crippen molar-refractivity contribution in [1.29, 1.82) is 0 Å². The Morgan fingerprint density at radius 1 is 1.24 bits per heavy atom. The van der Waals surface area contributed by atoms with E-state index in [1.165, 1.54) is 7.11 Å². The molecule has 7 nitrogen and oxygen atoms in total.